The highest BCUT2D eigenvalue weighted by Crippen LogP contribution is 2.19. The number of rotatable bonds is 7. The molecule has 1 saturated heterocycles. The number of piperazine rings is 1. The van der Waals surface area contributed by atoms with Crippen molar-refractivity contribution in [2.45, 2.75) is 39.0 Å². The second kappa shape index (κ2) is 8.29. The molecular formula is C14H25N5OS. The van der Waals surface area contributed by atoms with E-state index in [2.05, 4.69) is 14.3 Å². The molecule has 0 aromatic carbocycles. The number of unbranched alkanes of at least 4 members (excludes halogenated alkanes) is 3. The average Bonchev–Trinajstić information content (AvgIpc) is 2.93. The van der Waals surface area contributed by atoms with E-state index in [-0.39, 0.29) is 5.91 Å². The topological polar surface area (TPSA) is 75.4 Å². The van der Waals surface area contributed by atoms with Crippen LogP contribution < -0.4 is 10.6 Å². The van der Waals surface area contributed by atoms with Crippen LogP contribution in [0.4, 0.5) is 5.13 Å². The minimum Gasteiger partial charge on any atom is -0.343 e. The van der Waals surface area contributed by atoms with Crippen molar-refractivity contribution in [3.8, 4) is 0 Å². The molecule has 2 N–H and O–H groups in total. The minimum absolute atomic E-state index is 0.288. The van der Waals surface area contributed by atoms with Crippen molar-refractivity contribution in [1.29, 1.82) is 0 Å². The number of carbonyl (C=O) groups is 1. The fourth-order valence-corrected chi connectivity index (χ4v) is 3.22. The highest BCUT2D eigenvalue weighted by Gasteiger charge is 2.22. The third-order valence-corrected chi connectivity index (χ3v) is 4.63. The molecule has 1 aromatic rings. The van der Waals surface area contributed by atoms with Gasteiger partial charge in [0, 0.05) is 44.1 Å². The van der Waals surface area contributed by atoms with Gasteiger partial charge in [-0.15, -0.1) is 0 Å². The van der Waals surface area contributed by atoms with E-state index in [0.29, 0.717) is 6.42 Å². The zero-order valence-corrected chi connectivity index (χ0v) is 13.6. The lowest BCUT2D eigenvalue weighted by atomic mass is 10.1. The van der Waals surface area contributed by atoms with Crippen LogP contribution in [0.5, 0.6) is 0 Å². The van der Waals surface area contributed by atoms with Crippen molar-refractivity contribution in [3.05, 3.63) is 5.82 Å². The summed E-state index contributed by atoms with van der Waals surface area (Å²) in [6.45, 7) is 5.95. The van der Waals surface area contributed by atoms with Crippen LogP contribution in [0, 0.1) is 6.92 Å². The van der Waals surface area contributed by atoms with Crippen LogP contribution in [-0.2, 0) is 4.79 Å². The van der Waals surface area contributed by atoms with Gasteiger partial charge in [0.2, 0.25) is 11.0 Å². The van der Waals surface area contributed by atoms with E-state index in [1.807, 2.05) is 11.8 Å². The molecule has 0 aliphatic carbocycles. The summed E-state index contributed by atoms with van der Waals surface area (Å²) in [5.41, 5.74) is 5.46. The van der Waals surface area contributed by atoms with Crippen molar-refractivity contribution in [3.63, 3.8) is 0 Å². The lowest BCUT2D eigenvalue weighted by Gasteiger charge is -2.34. The zero-order chi connectivity index (χ0) is 15.1. The average molecular weight is 311 g/mol. The van der Waals surface area contributed by atoms with Gasteiger partial charge in [-0.25, -0.2) is 4.98 Å². The zero-order valence-electron chi connectivity index (χ0n) is 12.8. The molecule has 0 bridgehead atoms. The van der Waals surface area contributed by atoms with Gasteiger partial charge in [-0.1, -0.05) is 12.8 Å². The molecule has 2 heterocycles. The number of nitrogens with zero attached hydrogens (tertiary/aromatic N) is 4. The molecule has 1 aliphatic rings. The molecule has 0 atom stereocenters. The first kappa shape index (κ1) is 16.2. The Kier molecular flexibility index (Phi) is 6.38. The maximum atomic E-state index is 12.1. The number of aromatic nitrogens is 2. The standard InChI is InChI=1S/C14H25N5OS/c1-12-16-14(21-17-12)19-10-8-18(9-11-19)13(20)6-4-2-3-5-7-15/h2-11,15H2,1H3. The van der Waals surface area contributed by atoms with Crippen molar-refractivity contribution in [2.24, 2.45) is 5.73 Å². The quantitative estimate of drug-likeness (QED) is 0.771. The summed E-state index contributed by atoms with van der Waals surface area (Å²) < 4.78 is 4.21. The fourth-order valence-electron chi connectivity index (χ4n) is 2.49. The molecule has 0 unspecified atom stereocenters. The molecule has 2 rings (SSSR count). The van der Waals surface area contributed by atoms with Crippen molar-refractivity contribution >= 4 is 22.6 Å². The van der Waals surface area contributed by atoms with Crippen LogP contribution in [0.3, 0.4) is 0 Å². The van der Waals surface area contributed by atoms with Gasteiger partial charge in [-0.3, -0.25) is 4.79 Å². The van der Waals surface area contributed by atoms with E-state index in [1.165, 1.54) is 11.5 Å². The Morgan fingerprint density at radius 3 is 2.52 bits per heavy atom. The Morgan fingerprint density at radius 2 is 1.90 bits per heavy atom. The van der Waals surface area contributed by atoms with Crippen molar-refractivity contribution in [1.82, 2.24) is 14.3 Å². The van der Waals surface area contributed by atoms with Crippen LogP contribution in [0.2, 0.25) is 0 Å². The summed E-state index contributed by atoms with van der Waals surface area (Å²) >= 11 is 1.44. The molecule has 21 heavy (non-hydrogen) atoms. The lowest BCUT2D eigenvalue weighted by Crippen LogP contribution is -2.48. The fraction of sp³-hybridized carbons (Fsp3) is 0.786. The molecule has 0 spiro atoms. The first-order chi connectivity index (χ1) is 10.2. The maximum absolute atomic E-state index is 12.1. The molecule has 6 nitrogen and oxygen atoms in total. The smallest absolute Gasteiger partial charge is 0.222 e. The number of carbonyl (C=O) groups excluding carboxylic acids is 1. The van der Waals surface area contributed by atoms with Gasteiger partial charge in [0.25, 0.3) is 0 Å². The van der Waals surface area contributed by atoms with Crippen molar-refractivity contribution in [2.75, 3.05) is 37.6 Å². The van der Waals surface area contributed by atoms with Gasteiger partial charge in [0.05, 0.1) is 0 Å². The summed E-state index contributed by atoms with van der Waals surface area (Å²) in [6.07, 6.45) is 4.95. The Hall–Kier alpha value is -1.21. The molecule has 0 saturated carbocycles. The number of nitrogens with two attached hydrogens (primary N) is 1. The summed E-state index contributed by atoms with van der Waals surface area (Å²) in [5.74, 6) is 1.11. The van der Waals surface area contributed by atoms with E-state index < -0.39 is 0 Å². The predicted molar refractivity (Wildman–Crippen MR) is 85.6 cm³/mol. The number of aryl methyl sites for hydroxylation is 1. The molecule has 1 aromatic heterocycles. The Bertz CT molecular complexity index is 442. The third kappa shape index (κ3) is 4.93. The SMILES string of the molecule is Cc1nsc(N2CCN(C(=O)CCCCCCN)CC2)n1. The molecule has 0 radical (unpaired) electrons. The first-order valence-electron chi connectivity index (χ1n) is 7.74. The molecule has 1 amide bonds. The van der Waals surface area contributed by atoms with Gasteiger partial charge < -0.3 is 15.5 Å². The monoisotopic (exact) mass is 311 g/mol. The summed E-state index contributed by atoms with van der Waals surface area (Å²) in [5, 5.41) is 0.974. The first-order valence-corrected chi connectivity index (χ1v) is 8.51. The number of hydrogen-bond acceptors (Lipinski definition) is 6. The minimum atomic E-state index is 0.288. The van der Waals surface area contributed by atoms with E-state index in [0.717, 1.165) is 69.4 Å². The van der Waals surface area contributed by atoms with Gasteiger partial charge in [0.1, 0.15) is 5.82 Å². The van der Waals surface area contributed by atoms with Crippen LogP contribution in [0.1, 0.15) is 37.9 Å². The number of hydrogen-bond donors (Lipinski definition) is 1. The van der Waals surface area contributed by atoms with E-state index in [4.69, 9.17) is 5.73 Å². The molecule has 7 heteroatoms. The van der Waals surface area contributed by atoms with Crippen LogP contribution in [0.25, 0.3) is 0 Å². The van der Waals surface area contributed by atoms with Gasteiger partial charge in [0.15, 0.2) is 0 Å². The molecule has 1 fully saturated rings. The van der Waals surface area contributed by atoms with Gasteiger partial charge in [-0.05, 0) is 26.3 Å². The van der Waals surface area contributed by atoms with Crippen LogP contribution in [-0.4, -0.2) is 52.9 Å². The Morgan fingerprint density at radius 1 is 1.19 bits per heavy atom. The second-order valence-electron chi connectivity index (χ2n) is 5.44. The van der Waals surface area contributed by atoms with E-state index in [1.54, 1.807) is 0 Å². The number of amides is 1. The van der Waals surface area contributed by atoms with Crippen LogP contribution in [0.15, 0.2) is 0 Å². The second-order valence-corrected chi connectivity index (χ2v) is 6.18. The summed E-state index contributed by atoms with van der Waals surface area (Å²) in [7, 11) is 0. The largest absolute Gasteiger partial charge is 0.343 e. The van der Waals surface area contributed by atoms with Gasteiger partial charge >= 0.3 is 0 Å². The van der Waals surface area contributed by atoms with E-state index >= 15 is 0 Å². The number of anilines is 1. The maximum Gasteiger partial charge on any atom is 0.222 e. The third-order valence-electron chi connectivity index (χ3n) is 3.76. The summed E-state index contributed by atoms with van der Waals surface area (Å²) in [6, 6.07) is 0. The lowest BCUT2D eigenvalue weighted by molar-refractivity contribution is -0.131. The Labute approximate surface area is 130 Å². The molecular weight excluding hydrogens is 286 g/mol. The summed E-state index contributed by atoms with van der Waals surface area (Å²) in [4.78, 5) is 20.7. The van der Waals surface area contributed by atoms with Crippen molar-refractivity contribution < 1.29 is 4.79 Å². The van der Waals surface area contributed by atoms with E-state index in [9.17, 15) is 4.79 Å². The highest BCUT2D eigenvalue weighted by atomic mass is 32.1. The Balaban J connectivity index is 1.67. The van der Waals surface area contributed by atoms with Crippen LogP contribution >= 0.6 is 11.5 Å². The highest BCUT2D eigenvalue weighted by molar-refractivity contribution is 7.09. The predicted octanol–water partition coefficient (Wildman–Crippen LogP) is 1.40. The normalized spacial score (nSPS) is 15.5. The molecule has 118 valence electrons. The van der Waals surface area contributed by atoms with Gasteiger partial charge in [-0.2, -0.15) is 4.37 Å². The molecule has 1 aliphatic heterocycles.